The van der Waals surface area contributed by atoms with Crippen molar-refractivity contribution in [2.75, 3.05) is 21.3 Å². The summed E-state index contributed by atoms with van der Waals surface area (Å²) in [6.07, 6.45) is 6.36. The molecule has 14 nitrogen and oxygen atoms in total. The zero-order valence-corrected chi connectivity index (χ0v) is 39.5. The van der Waals surface area contributed by atoms with Crippen molar-refractivity contribution in [2.24, 2.45) is 0 Å². The van der Waals surface area contributed by atoms with Crippen LogP contribution in [0.3, 0.4) is 0 Å². The van der Waals surface area contributed by atoms with E-state index in [0.717, 1.165) is 27.6 Å². The minimum Gasteiger partial charge on any atom is -0.497 e. The van der Waals surface area contributed by atoms with Crippen molar-refractivity contribution in [3.63, 3.8) is 0 Å². The molecule has 0 atom stereocenters. The highest BCUT2D eigenvalue weighted by molar-refractivity contribution is 6.59. The number of nitrogens with zero attached hydrogens (tertiary/aromatic N) is 2. The zero-order chi connectivity index (χ0) is 47.2. The largest absolute Gasteiger partial charge is 0.639 e. The number of allylic oxidation sites excluding steroid dienone is 1. The SMILES string of the molecule is CC(C)OB(OC(C)C)OC(C)C.COc1ccc2c(c1)CC=C2.COc1ccc2cc(B(O)O)n(C(=O)OC(C)(C)C)c2c1.COc1ccc2ccn(C(=O)OC(C)(C)C)c2c1. The average molecular weight is 873 g/mol. The molecule has 0 fully saturated rings. The van der Waals surface area contributed by atoms with Gasteiger partial charge in [0.25, 0.3) is 0 Å². The second kappa shape index (κ2) is 23.4. The Hall–Kier alpha value is -5.25. The molecule has 0 amide bonds. The van der Waals surface area contributed by atoms with E-state index in [9.17, 15) is 19.6 Å². The Morgan fingerprint density at radius 1 is 0.619 bits per heavy atom. The Balaban J connectivity index is 0.000000230. The normalized spacial score (nSPS) is 11.9. The van der Waals surface area contributed by atoms with Gasteiger partial charge in [0, 0.05) is 47.4 Å². The standard InChI is InChI=1S/C14H18BNO5.C14H17NO3.C10H10O.C9H21BO3/c1-14(2,3)21-13(17)16-11-8-10(20-4)6-5-9(11)7-12(16)15(18)19;1-14(2,3)18-13(16)15-8-7-10-5-6-11(17-4)9-12(10)15;1-11-10-6-5-8-3-2-4-9(8)7-10;1-7(2)11-10(12-8(3)4)13-9(5)6/h5-8,18-19H,1-4H3;5-9H,1-4H3;2-3,5-7H,4H2,1H3;7-9H,1-6H3. The van der Waals surface area contributed by atoms with Crippen LogP contribution in [0.1, 0.15) is 94.2 Å². The van der Waals surface area contributed by atoms with Gasteiger partial charge in [-0.1, -0.05) is 18.2 Å². The summed E-state index contributed by atoms with van der Waals surface area (Å²) < 4.78 is 45.0. The second-order valence-electron chi connectivity index (χ2n) is 17.3. The van der Waals surface area contributed by atoms with Gasteiger partial charge in [-0.15, -0.1) is 0 Å². The summed E-state index contributed by atoms with van der Waals surface area (Å²) in [5, 5.41) is 20.6. The molecular formula is C47H66B2N2O12. The fourth-order valence-corrected chi connectivity index (χ4v) is 5.86. The maximum absolute atomic E-state index is 12.3. The van der Waals surface area contributed by atoms with E-state index in [4.69, 9.17) is 37.6 Å². The Labute approximate surface area is 373 Å². The first kappa shape index (κ1) is 52.1. The number of hydrogen-bond acceptors (Lipinski definition) is 12. The lowest BCUT2D eigenvalue weighted by Crippen LogP contribution is -2.41. The molecule has 0 spiro atoms. The quantitative estimate of drug-likeness (QED) is 0.129. The lowest BCUT2D eigenvalue weighted by atomic mass is 9.86. The van der Waals surface area contributed by atoms with E-state index in [2.05, 4.69) is 24.3 Å². The van der Waals surface area contributed by atoms with Crippen LogP contribution in [-0.2, 0) is 29.9 Å². The van der Waals surface area contributed by atoms with Crippen molar-refractivity contribution >= 4 is 60.1 Å². The number of carbonyl (C=O) groups is 2. The first-order chi connectivity index (χ1) is 29.4. The molecule has 16 heteroatoms. The summed E-state index contributed by atoms with van der Waals surface area (Å²) in [7, 11) is 2.49. The van der Waals surface area contributed by atoms with Gasteiger partial charge in [0.05, 0.1) is 38.0 Å². The van der Waals surface area contributed by atoms with Crippen LogP contribution in [0.2, 0.25) is 0 Å². The van der Waals surface area contributed by atoms with E-state index in [0.29, 0.717) is 22.4 Å². The molecule has 2 heterocycles. The maximum atomic E-state index is 12.3. The van der Waals surface area contributed by atoms with E-state index in [-0.39, 0.29) is 30.0 Å². The summed E-state index contributed by atoms with van der Waals surface area (Å²) in [6.45, 7) is 22.5. The fourth-order valence-electron chi connectivity index (χ4n) is 5.86. The molecule has 5 aromatic rings. The molecule has 63 heavy (non-hydrogen) atoms. The third kappa shape index (κ3) is 16.8. The van der Waals surface area contributed by atoms with Gasteiger partial charge in [-0.2, -0.15) is 0 Å². The lowest BCUT2D eigenvalue weighted by Gasteiger charge is -2.21. The molecule has 1 aliphatic carbocycles. The van der Waals surface area contributed by atoms with Crippen molar-refractivity contribution in [2.45, 2.75) is 119 Å². The molecule has 0 saturated heterocycles. The summed E-state index contributed by atoms with van der Waals surface area (Å²) >= 11 is 0. The monoisotopic (exact) mass is 872 g/mol. The molecule has 342 valence electrons. The predicted octanol–water partition coefficient (Wildman–Crippen LogP) is 9.06. The smallest absolute Gasteiger partial charge is 0.497 e. The van der Waals surface area contributed by atoms with Crippen molar-refractivity contribution in [1.82, 2.24) is 9.13 Å². The van der Waals surface area contributed by atoms with Gasteiger partial charge < -0.3 is 47.7 Å². The van der Waals surface area contributed by atoms with Crippen LogP contribution < -0.4 is 19.8 Å². The molecule has 0 unspecified atom stereocenters. The molecule has 2 aromatic heterocycles. The van der Waals surface area contributed by atoms with Crippen molar-refractivity contribution in [1.29, 1.82) is 0 Å². The number of benzene rings is 3. The van der Waals surface area contributed by atoms with Crippen LogP contribution in [-0.4, -0.2) is 96.7 Å². The van der Waals surface area contributed by atoms with Crippen molar-refractivity contribution in [3.8, 4) is 17.2 Å². The topological polar surface area (TPSA) is 158 Å². The zero-order valence-electron chi connectivity index (χ0n) is 39.5. The van der Waals surface area contributed by atoms with Crippen LogP contribution in [0.15, 0.2) is 79.0 Å². The van der Waals surface area contributed by atoms with Crippen LogP contribution >= 0.6 is 0 Å². The molecule has 0 bridgehead atoms. The Morgan fingerprint density at radius 3 is 1.59 bits per heavy atom. The van der Waals surface area contributed by atoms with E-state index in [1.54, 1.807) is 59.4 Å². The van der Waals surface area contributed by atoms with Gasteiger partial charge in [-0.25, -0.2) is 9.59 Å². The molecule has 0 radical (unpaired) electrons. The molecule has 0 saturated carbocycles. The second-order valence-corrected chi connectivity index (χ2v) is 17.3. The number of aromatic nitrogens is 2. The number of carbonyl (C=O) groups excluding carboxylic acids is 2. The summed E-state index contributed by atoms with van der Waals surface area (Å²) in [6, 6.07) is 20.3. The third-order valence-corrected chi connectivity index (χ3v) is 8.51. The van der Waals surface area contributed by atoms with E-state index in [1.807, 2.05) is 92.6 Å². The Kier molecular flexibility index (Phi) is 19.4. The van der Waals surface area contributed by atoms with Crippen LogP contribution in [0.4, 0.5) is 9.59 Å². The Morgan fingerprint density at radius 2 is 1.10 bits per heavy atom. The van der Waals surface area contributed by atoms with Gasteiger partial charge in [0.2, 0.25) is 0 Å². The fraction of sp³-hybridized carbons (Fsp3) is 0.447. The van der Waals surface area contributed by atoms with Crippen LogP contribution in [0, 0.1) is 0 Å². The molecule has 0 aliphatic heterocycles. The first-order valence-corrected chi connectivity index (χ1v) is 20.9. The Bertz CT molecular complexity index is 2240. The lowest BCUT2D eigenvalue weighted by molar-refractivity contribution is 0.0334. The molecule has 3 aromatic carbocycles. The van der Waals surface area contributed by atoms with Gasteiger partial charge in [-0.05, 0) is 149 Å². The summed E-state index contributed by atoms with van der Waals surface area (Å²) in [5.41, 5.74) is 2.81. The highest BCUT2D eigenvalue weighted by Gasteiger charge is 2.28. The van der Waals surface area contributed by atoms with Crippen molar-refractivity contribution < 1.29 is 57.3 Å². The van der Waals surface area contributed by atoms with E-state index >= 15 is 0 Å². The summed E-state index contributed by atoms with van der Waals surface area (Å²) in [5.74, 6) is 2.22. The highest BCUT2D eigenvalue weighted by Crippen LogP contribution is 2.25. The van der Waals surface area contributed by atoms with Gasteiger partial charge in [-0.3, -0.25) is 9.13 Å². The number of rotatable bonds is 10. The van der Waals surface area contributed by atoms with Crippen LogP contribution in [0.25, 0.3) is 27.9 Å². The molecule has 2 N–H and O–H groups in total. The van der Waals surface area contributed by atoms with Crippen LogP contribution in [0.5, 0.6) is 17.2 Å². The number of hydrogen-bond donors (Lipinski definition) is 2. The number of fused-ring (bicyclic) bond motifs is 3. The van der Waals surface area contributed by atoms with Crippen molar-refractivity contribution in [3.05, 3.63) is 90.1 Å². The number of methoxy groups -OCH3 is 3. The summed E-state index contributed by atoms with van der Waals surface area (Å²) in [4.78, 5) is 24.4. The highest BCUT2D eigenvalue weighted by atomic mass is 16.7. The third-order valence-electron chi connectivity index (χ3n) is 8.51. The maximum Gasteiger partial charge on any atom is 0.639 e. The van der Waals surface area contributed by atoms with E-state index < -0.39 is 31.7 Å². The molecule has 6 rings (SSSR count). The molecule has 1 aliphatic rings. The van der Waals surface area contributed by atoms with Gasteiger partial charge >= 0.3 is 26.6 Å². The minimum atomic E-state index is -1.78. The van der Waals surface area contributed by atoms with Gasteiger partial charge in [0.1, 0.15) is 28.5 Å². The minimum absolute atomic E-state index is 0.0486. The first-order valence-electron chi connectivity index (χ1n) is 20.9. The van der Waals surface area contributed by atoms with E-state index in [1.165, 1.54) is 28.9 Å². The number of ether oxygens (including phenoxy) is 5. The average Bonchev–Trinajstić information content (AvgIpc) is 3.93. The predicted molar refractivity (Wildman–Crippen MR) is 250 cm³/mol. The van der Waals surface area contributed by atoms with Gasteiger partial charge in [0.15, 0.2) is 0 Å². The molecular weight excluding hydrogens is 806 g/mol.